The average molecular weight is 104 g/mol. The quantitative estimate of drug-likeness (QED) is 0.387. The van der Waals surface area contributed by atoms with Gasteiger partial charge in [-0.2, -0.15) is 0 Å². The van der Waals surface area contributed by atoms with Gasteiger partial charge in [-0.15, -0.1) is 4.91 Å². The van der Waals surface area contributed by atoms with Crippen LogP contribution in [0.1, 0.15) is 16.6 Å². The summed E-state index contributed by atoms with van der Waals surface area (Å²) in [6, 6.07) is -0.164. The van der Waals surface area contributed by atoms with Crippen LogP contribution in [0, 0.1) is 4.91 Å². The molecule has 0 radical (unpaired) electrons. The first kappa shape index (κ1) is 3.41. The summed E-state index contributed by atoms with van der Waals surface area (Å²) in [5, 5.41) is 3.36. The Morgan fingerprint density at radius 3 is 2.43 bits per heavy atom. The van der Waals surface area contributed by atoms with Crippen molar-refractivity contribution in [2.24, 2.45) is 5.29 Å². The maximum atomic E-state index is 9.82. The molecule has 0 rings (SSSR count). The van der Waals surface area contributed by atoms with Crippen molar-refractivity contribution in [3.05, 3.63) is 4.91 Å². The van der Waals surface area contributed by atoms with E-state index in [1.807, 2.05) is 0 Å². The molecule has 0 aliphatic carbocycles. The molecule has 42 valence electrons. The Kier molecular flexibility index (Phi) is 1.24. The van der Waals surface area contributed by atoms with Crippen molar-refractivity contribution in [3.8, 4) is 0 Å². The first-order valence-corrected chi connectivity index (χ1v) is 2.05. The van der Waals surface area contributed by atoms with Gasteiger partial charge in [0.1, 0.15) is 0 Å². The molecule has 0 saturated carbocycles. The fourth-order valence-electron chi connectivity index (χ4n) is 0.0943. The molecule has 0 bridgehead atoms. The second kappa shape index (κ2) is 2.55. The summed E-state index contributed by atoms with van der Waals surface area (Å²) in [6.07, 6.45) is 0. The van der Waals surface area contributed by atoms with Crippen LogP contribution in [0.2, 0.25) is 0 Å². The molecule has 0 fully saturated rings. The molecule has 3 nitrogen and oxygen atoms in total. The fraction of sp³-hybridized carbons (Fsp3) is 1.00. The molecule has 0 amide bonds. The normalized spacial score (nSPS) is 13.7. The summed E-state index contributed by atoms with van der Waals surface area (Å²) in [5.41, 5.74) is 0. The summed E-state index contributed by atoms with van der Waals surface area (Å²) in [4.78, 5) is 9.82. The monoisotopic (exact) mass is 104 g/mol. The van der Waals surface area contributed by atoms with Gasteiger partial charge in [-0.05, 0) is 13.8 Å². The van der Waals surface area contributed by atoms with Gasteiger partial charge in [0, 0.05) is 15.8 Å². The van der Waals surface area contributed by atoms with Gasteiger partial charge in [-0.3, -0.25) is 5.01 Å². The Morgan fingerprint density at radius 1 is 1.86 bits per heavy atom. The minimum Gasteiger partial charge on any atom is -0.261 e. The molecule has 0 heterocycles. The largest absolute Gasteiger partial charge is 0.261 e. The highest BCUT2D eigenvalue weighted by Crippen LogP contribution is 1.90. The molecule has 0 aromatic heterocycles. The molecule has 0 saturated heterocycles. The molecule has 0 aliphatic rings. The van der Waals surface area contributed by atoms with Crippen molar-refractivity contribution < 1.29 is 2.74 Å². The van der Waals surface area contributed by atoms with Crippen LogP contribution in [0.25, 0.3) is 0 Å². The van der Waals surface area contributed by atoms with Crippen LogP contribution in [-0.2, 0) is 0 Å². The van der Waals surface area contributed by atoms with Crippen molar-refractivity contribution >= 4 is 0 Å². The SMILES string of the molecule is [2H]C([2H])N(N=O)C(C)C. The maximum absolute atomic E-state index is 9.82. The van der Waals surface area contributed by atoms with Gasteiger partial charge in [-0.25, -0.2) is 0 Å². The van der Waals surface area contributed by atoms with Crippen LogP contribution in [0.15, 0.2) is 5.29 Å². The zero-order valence-corrected chi connectivity index (χ0v) is 4.46. The van der Waals surface area contributed by atoms with Gasteiger partial charge in [0.25, 0.3) is 0 Å². The van der Waals surface area contributed by atoms with E-state index in [9.17, 15) is 4.91 Å². The van der Waals surface area contributed by atoms with Gasteiger partial charge >= 0.3 is 0 Å². The predicted molar refractivity (Wildman–Crippen MR) is 28.7 cm³/mol. The van der Waals surface area contributed by atoms with E-state index in [1.165, 1.54) is 0 Å². The highest BCUT2D eigenvalue weighted by atomic mass is 16.3. The Hall–Kier alpha value is -0.600. The van der Waals surface area contributed by atoms with E-state index in [0.29, 0.717) is 0 Å². The van der Waals surface area contributed by atoms with E-state index in [0.717, 1.165) is 5.01 Å². The van der Waals surface area contributed by atoms with Crippen molar-refractivity contribution in [3.63, 3.8) is 0 Å². The molecule has 7 heavy (non-hydrogen) atoms. The zero-order chi connectivity index (χ0) is 7.44. The number of nitrogens with zero attached hydrogens (tertiary/aromatic N) is 2. The van der Waals surface area contributed by atoms with Gasteiger partial charge in [0.05, 0.1) is 5.29 Å². The second-order valence-electron chi connectivity index (χ2n) is 1.56. The lowest BCUT2D eigenvalue weighted by molar-refractivity contribution is 0.284. The predicted octanol–water partition coefficient (Wildman–Crippen LogP) is 1.01. The average Bonchev–Trinajstić information content (AvgIpc) is 1.64. The van der Waals surface area contributed by atoms with Gasteiger partial charge < -0.3 is 0 Å². The molecule has 0 unspecified atom stereocenters. The highest BCUT2D eigenvalue weighted by molar-refractivity contribution is 4.47. The molecular weight excluding hydrogens is 92.1 g/mol. The first-order chi connectivity index (χ1) is 4.09. The summed E-state index contributed by atoms with van der Waals surface area (Å²) < 4.78 is 13.5. The minimum absolute atomic E-state index is 0.164. The molecule has 0 spiro atoms. The maximum Gasteiger partial charge on any atom is 0.0523 e. The Labute approximate surface area is 46.1 Å². The third-order valence-electron chi connectivity index (χ3n) is 0.623. The molecular formula is C4H10N2O. The fourth-order valence-corrected chi connectivity index (χ4v) is 0.0943. The van der Waals surface area contributed by atoms with Gasteiger partial charge in [-0.1, -0.05) is 0 Å². The highest BCUT2D eigenvalue weighted by Gasteiger charge is 1.96. The summed E-state index contributed by atoms with van der Waals surface area (Å²) in [5.74, 6) is 0. The molecule has 0 aromatic rings. The van der Waals surface area contributed by atoms with Crippen molar-refractivity contribution in [2.45, 2.75) is 19.9 Å². The molecule has 0 aliphatic heterocycles. The van der Waals surface area contributed by atoms with Crippen LogP contribution in [-0.4, -0.2) is 18.1 Å². The van der Waals surface area contributed by atoms with E-state index in [1.54, 1.807) is 13.8 Å². The summed E-state index contributed by atoms with van der Waals surface area (Å²) in [7, 11) is 0. The summed E-state index contributed by atoms with van der Waals surface area (Å²) in [6.45, 7) is 2.12. The molecule has 0 N–H and O–H groups in total. The Bertz CT molecular complexity index is 88.6. The van der Waals surface area contributed by atoms with E-state index in [2.05, 4.69) is 5.29 Å². The second-order valence-corrected chi connectivity index (χ2v) is 1.56. The van der Waals surface area contributed by atoms with Crippen LogP contribution >= 0.6 is 0 Å². The Morgan fingerprint density at radius 2 is 2.43 bits per heavy atom. The van der Waals surface area contributed by atoms with Gasteiger partial charge in [0.15, 0.2) is 0 Å². The molecule has 0 atom stereocenters. The zero-order valence-electron chi connectivity index (χ0n) is 6.46. The number of hydrogen-bond acceptors (Lipinski definition) is 2. The first-order valence-electron chi connectivity index (χ1n) is 3.21. The summed E-state index contributed by atoms with van der Waals surface area (Å²) >= 11 is 0. The van der Waals surface area contributed by atoms with Crippen LogP contribution in [0.5, 0.6) is 0 Å². The van der Waals surface area contributed by atoms with E-state index >= 15 is 0 Å². The molecule has 0 aromatic carbocycles. The lowest BCUT2D eigenvalue weighted by Gasteiger charge is -2.10. The number of rotatable bonds is 2. The smallest absolute Gasteiger partial charge is 0.0523 e. The van der Waals surface area contributed by atoms with Crippen molar-refractivity contribution in [1.82, 2.24) is 5.01 Å². The third kappa shape index (κ3) is 2.14. The van der Waals surface area contributed by atoms with Crippen molar-refractivity contribution in [2.75, 3.05) is 7.00 Å². The number of nitroso groups, excluding NO2 is 1. The van der Waals surface area contributed by atoms with E-state index in [4.69, 9.17) is 2.74 Å². The van der Waals surface area contributed by atoms with E-state index < -0.39 is 7.00 Å². The van der Waals surface area contributed by atoms with Crippen LogP contribution < -0.4 is 0 Å². The van der Waals surface area contributed by atoms with Gasteiger partial charge in [0.2, 0.25) is 0 Å². The van der Waals surface area contributed by atoms with Crippen LogP contribution in [0.4, 0.5) is 0 Å². The Balaban J connectivity index is 3.82. The lowest BCUT2D eigenvalue weighted by Crippen LogP contribution is -2.18. The minimum atomic E-state index is -1.29. The standard InChI is InChI=1S/C4H10N2O/c1-4(2)6(3)5-7/h4H,1-3H3/i3D2. The lowest BCUT2D eigenvalue weighted by atomic mass is 10.4. The van der Waals surface area contributed by atoms with E-state index in [-0.39, 0.29) is 6.04 Å². The number of hydrogen-bond donors (Lipinski definition) is 0. The van der Waals surface area contributed by atoms with Crippen molar-refractivity contribution in [1.29, 1.82) is 0 Å². The molecule has 3 heteroatoms. The third-order valence-corrected chi connectivity index (χ3v) is 0.623. The topological polar surface area (TPSA) is 32.7 Å². The van der Waals surface area contributed by atoms with Crippen LogP contribution in [0.3, 0.4) is 0 Å².